The Labute approximate surface area is 157 Å². The molecule has 0 radical (unpaired) electrons. The summed E-state index contributed by atoms with van der Waals surface area (Å²) in [6.07, 6.45) is 4.93. The van der Waals surface area contributed by atoms with E-state index in [1.165, 1.54) is 12.3 Å². The van der Waals surface area contributed by atoms with E-state index in [2.05, 4.69) is 0 Å². The maximum absolute atomic E-state index is 14.1. The van der Waals surface area contributed by atoms with Gasteiger partial charge in [-0.1, -0.05) is 18.2 Å². The standard InChI is InChI=1S/C21H23FN2O3/c22-18-7-2-1-5-15(18)14-24(17-9-10-17)20(25)16-6-3-11-23(13-16)21(26)19-8-4-12-27-19/h1-2,4-5,7-8,12,16-17H,3,6,9-11,13-14H2. The Balaban J connectivity index is 1.46. The number of amides is 2. The average Bonchev–Trinajstić information content (AvgIpc) is 3.39. The molecule has 2 aromatic rings. The van der Waals surface area contributed by atoms with Gasteiger partial charge >= 0.3 is 0 Å². The molecular weight excluding hydrogens is 347 g/mol. The van der Waals surface area contributed by atoms with E-state index in [0.29, 0.717) is 31.0 Å². The van der Waals surface area contributed by atoms with Gasteiger partial charge in [-0.15, -0.1) is 0 Å². The van der Waals surface area contributed by atoms with Gasteiger partial charge < -0.3 is 14.2 Å². The second kappa shape index (κ2) is 7.55. The predicted octanol–water partition coefficient (Wildman–Crippen LogP) is 3.46. The van der Waals surface area contributed by atoms with Gasteiger partial charge in [0.25, 0.3) is 5.91 Å². The lowest BCUT2D eigenvalue weighted by Gasteiger charge is -2.35. The molecule has 142 valence electrons. The number of piperidine rings is 1. The van der Waals surface area contributed by atoms with Gasteiger partial charge in [0, 0.05) is 31.2 Å². The molecule has 5 nitrogen and oxygen atoms in total. The zero-order valence-electron chi connectivity index (χ0n) is 15.1. The molecule has 2 heterocycles. The summed E-state index contributed by atoms with van der Waals surface area (Å²) in [4.78, 5) is 29.2. The van der Waals surface area contributed by atoms with Crippen LogP contribution in [0.1, 0.15) is 41.8 Å². The molecule has 0 spiro atoms. The van der Waals surface area contributed by atoms with Crippen LogP contribution in [0, 0.1) is 11.7 Å². The van der Waals surface area contributed by atoms with Crippen LogP contribution < -0.4 is 0 Å². The van der Waals surface area contributed by atoms with Crippen molar-refractivity contribution in [2.24, 2.45) is 5.92 Å². The third-order valence-corrected chi connectivity index (χ3v) is 5.36. The normalized spacial score (nSPS) is 19.7. The number of nitrogens with zero attached hydrogens (tertiary/aromatic N) is 2. The Kier molecular flexibility index (Phi) is 4.97. The second-order valence-electron chi connectivity index (χ2n) is 7.36. The van der Waals surface area contributed by atoms with Crippen molar-refractivity contribution in [1.29, 1.82) is 0 Å². The van der Waals surface area contributed by atoms with Crippen LogP contribution in [0.25, 0.3) is 0 Å². The van der Waals surface area contributed by atoms with Gasteiger partial charge in [0.1, 0.15) is 5.82 Å². The Morgan fingerprint density at radius 2 is 1.96 bits per heavy atom. The lowest BCUT2D eigenvalue weighted by atomic mass is 9.95. The lowest BCUT2D eigenvalue weighted by Crippen LogP contribution is -2.47. The first-order chi connectivity index (χ1) is 13.1. The SMILES string of the molecule is O=C(c1ccco1)N1CCCC(C(=O)N(Cc2ccccc2F)C2CC2)C1. The van der Waals surface area contributed by atoms with Gasteiger partial charge in [-0.25, -0.2) is 4.39 Å². The molecule has 2 amide bonds. The Hall–Kier alpha value is -2.63. The van der Waals surface area contributed by atoms with Gasteiger partial charge in [0.05, 0.1) is 12.2 Å². The number of furan rings is 1. The quantitative estimate of drug-likeness (QED) is 0.810. The largest absolute Gasteiger partial charge is 0.459 e. The van der Waals surface area contributed by atoms with E-state index in [0.717, 1.165) is 25.7 Å². The topological polar surface area (TPSA) is 53.8 Å². The molecule has 27 heavy (non-hydrogen) atoms. The van der Waals surface area contributed by atoms with Crippen LogP contribution >= 0.6 is 0 Å². The fourth-order valence-corrected chi connectivity index (χ4v) is 3.74. The number of likely N-dealkylation sites (tertiary alicyclic amines) is 1. The van der Waals surface area contributed by atoms with Crippen molar-refractivity contribution in [3.05, 3.63) is 59.8 Å². The molecule has 1 atom stereocenters. The molecule has 1 aliphatic carbocycles. The van der Waals surface area contributed by atoms with Crippen molar-refractivity contribution in [2.45, 2.75) is 38.3 Å². The fourth-order valence-electron chi connectivity index (χ4n) is 3.74. The number of halogens is 1. The summed E-state index contributed by atoms with van der Waals surface area (Å²) in [6.45, 7) is 1.30. The van der Waals surface area contributed by atoms with E-state index in [4.69, 9.17) is 4.42 Å². The lowest BCUT2D eigenvalue weighted by molar-refractivity contribution is -0.138. The van der Waals surface area contributed by atoms with Crippen molar-refractivity contribution >= 4 is 11.8 Å². The number of rotatable bonds is 5. The molecule has 1 saturated heterocycles. The van der Waals surface area contributed by atoms with Crippen molar-refractivity contribution in [2.75, 3.05) is 13.1 Å². The van der Waals surface area contributed by atoms with Crippen LogP contribution in [0.4, 0.5) is 4.39 Å². The summed E-state index contributed by atoms with van der Waals surface area (Å²) in [5.41, 5.74) is 0.539. The molecule has 2 aliphatic rings. The minimum absolute atomic E-state index is 0.0256. The summed E-state index contributed by atoms with van der Waals surface area (Å²) in [6, 6.07) is 10.1. The molecule has 4 rings (SSSR count). The van der Waals surface area contributed by atoms with Crippen LogP contribution in [0.5, 0.6) is 0 Å². The first-order valence-corrected chi connectivity index (χ1v) is 9.50. The summed E-state index contributed by atoms with van der Waals surface area (Å²) >= 11 is 0. The van der Waals surface area contributed by atoms with Crippen LogP contribution in [0.15, 0.2) is 47.1 Å². The monoisotopic (exact) mass is 370 g/mol. The van der Waals surface area contributed by atoms with Gasteiger partial charge in [0.15, 0.2) is 5.76 Å². The average molecular weight is 370 g/mol. The summed E-state index contributed by atoms with van der Waals surface area (Å²) < 4.78 is 19.3. The first kappa shape index (κ1) is 17.8. The second-order valence-corrected chi connectivity index (χ2v) is 7.36. The van der Waals surface area contributed by atoms with Gasteiger partial charge in [-0.3, -0.25) is 9.59 Å². The van der Waals surface area contributed by atoms with Crippen LogP contribution in [0.2, 0.25) is 0 Å². The molecule has 1 aromatic carbocycles. The van der Waals surface area contributed by atoms with Gasteiger partial charge in [-0.05, 0) is 43.9 Å². The highest BCUT2D eigenvalue weighted by molar-refractivity contribution is 5.92. The van der Waals surface area contributed by atoms with E-state index in [9.17, 15) is 14.0 Å². The van der Waals surface area contributed by atoms with E-state index in [1.807, 2.05) is 4.90 Å². The minimum atomic E-state index is -0.283. The van der Waals surface area contributed by atoms with Crippen molar-refractivity contribution in [3.63, 3.8) is 0 Å². The first-order valence-electron chi connectivity index (χ1n) is 9.50. The highest BCUT2D eigenvalue weighted by Crippen LogP contribution is 2.32. The maximum Gasteiger partial charge on any atom is 0.289 e. The van der Waals surface area contributed by atoms with E-state index in [-0.39, 0.29) is 29.6 Å². The van der Waals surface area contributed by atoms with Crippen LogP contribution in [-0.2, 0) is 11.3 Å². The third kappa shape index (κ3) is 3.89. The molecule has 1 unspecified atom stereocenters. The number of carbonyl (C=O) groups excluding carboxylic acids is 2. The predicted molar refractivity (Wildman–Crippen MR) is 97.3 cm³/mol. The maximum atomic E-state index is 14.1. The third-order valence-electron chi connectivity index (χ3n) is 5.36. The summed E-state index contributed by atoms with van der Waals surface area (Å²) in [5.74, 6) is -0.380. The number of carbonyl (C=O) groups is 2. The Bertz CT molecular complexity index is 817. The minimum Gasteiger partial charge on any atom is -0.459 e. The number of hydrogen-bond donors (Lipinski definition) is 0. The molecule has 1 aromatic heterocycles. The van der Waals surface area contributed by atoms with Crippen LogP contribution in [-0.4, -0.2) is 40.7 Å². The van der Waals surface area contributed by atoms with E-state index < -0.39 is 0 Å². The van der Waals surface area contributed by atoms with Crippen LogP contribution in [0.3, 0.4) is 0 Å². The van der Waals surface area contributed by atoms with Crippen molar-refractivity contribution in [1.82, 2.24) is 9.80 Å². The number of benzene rings is 1. The Morgan fingerprint density at radius 3 is 2.67 bits per heavy atom. The fraction of sp³-hybridized carbons (Fsp3) is 0.429. The summed E-state index contributed by atoms with van der Waals surface area (Å²) in [7, 11) is 0. The molecule has 1 saturated carbocycles. The zero-order chi connectivity index (χ0) is 18.8. The zero-order valence-corrected chi connectivity index (χ0v) is 15.1. The van der Waals surface area contributed by atoms with E-state index >= 15 is 0 Å². The molecule has 0 bridgehead atoms. The van der Waals surface area contributed by atoms with E-state index in [1.54, 1.807) is 35.2 Å². The van der Waals surface area contributed by atoms with Gasteiger partial charge in [-0.2, -0.15) is 0 Å². The smallest absolute Gasteiger partial charge is 0.289 e. The number of hydrogen-bond acceptors (Lipinski definition) is 3. The highest BCUT2D eigenvalue weighted by atomic mass is 19.1. The molecule has 0 N–H and O–H groups in total. The van der Waals surface area contributed by atoms with Crippen molar-refractivity contribution < 1.29 is 18.4 Å². The molecular formula is C21H23FN2O3. The van der Waals surface area contributed by atoms with Crippen molar-refractivity contribution in [3.8, 4) is 0 Å². The Morgan fingerprint density at radius 1 is 1.15 bits per heavy atom. The highest BCUT2D eigenvalue weighted by Gasteiger charge is 2.38. The molecule has 6 heteroatoms. The van der Waals surface area contributed by atoms with Gasteiger partial charge in [0.2, 0.25) is 5.91 Å². The molecule has 1 aliphatic heterocycles. The molecule has 2 fully saturated rings. The summed E-state index contributed by atoms with van der Waals surface area (Å²) in [5, 5.41) is 0.